The zero-order chi connectivity index (χ0) is 48.2. The van der Waals surface area contributed by atoms with Crippen LogP contribution in [-0.2, 0) is 52.5 Å². The fourth-order valence-corrected chi connectivity index (χ4v) is 6.61. The van der Waals surface area contributed by atoms with Gasteiger partial charge in [-0.25, -0.2) is 4.79 Å². The van der Waals surface area contributed by atoms with Crippen LogP contribution >= 0.6 is 0 Å². The molecule has 11 N–H and O–H groups in total. The zero-order valence-electron chi connectivity index (χ0n) is 39.0. The molecule has 0 aromatic heterocycles. The Morgan fingerprint density at radius 1 is 0.462 bits per heavy atom. The first-order valence-corrected chi connectivity index (χ1v) is 23.9. The largest absolute Gasteiger partial charge is 0.481 e. The number of aliphatic hydroxyl groups is 1. The third kappa shape index (κ3) is 42.4. The molecule has 378 valence electrons. The van der Waals surface area contributed by atoms with Crippen LogP contribution in [0.1, 0.15) is 148 Å². The monoisotopic (exact) mass is 933 g/mol. The highest BCUT2D eigenvalue weighted by Gasteiger charge is 2.21. The van der Waals surface area contributed by atoms with E-state index in [0.29, 0.717) is 25.8 Å². The van der Waals surface area contributed by atoms with Crippen LogP contribution in [-0.4, -0.2) is 148 Å². The highest BCUT2D eigenvalue weighted by atomic mass is 16.5. The minimum Gasteiger partial charge on any atom is -0.481 e. The first-order chi connectivity index (χ1) is 31.3. The number of rotatable bonds is 48. The van der Waals surface area contributed by atoms with Gasteiger partial charge in [0.2, 0.25) is 29.5 Å². The number of carbonyl (C=O) groups excluding carboxylic acids is 5. The number of nitrogens with one attached hydrogen (secondary N) is 4. The number of unbranched alkanes of at least 4 members (excludes halogenated alkanes) is 14. The van der Waals surface area contributed by atoms with Gasteiger partial charge in [-0.3, -0.25) is 28.8 Å². The maximum Gasteiger partial charge on any atom is 0.326 e. The van der Waals surface area contributed by atoms with Gasteiger partial charge in [0.1, 0.15) is 19.3 Å². The van der Waals surface area contributed by atoms with Gasteiger partial charge in [-0.15, -0.1) is 0 Å². The van der Waals surface area contributed by atoms with Crippen molar-refractivity contribution in [2.75, 3.05) is 79.1 Å². The fourth-order valence-electron chi connectivity index (χ4n) is 6.61. The van der Waals surface area contributed by atoms with Crippen LogP contribution in [0, 0.1) is 5.92 Å². The van der Waals surface area contributed by atoms with Crippen molar-refractivity contribution in [2.24, 2.45) is 17.4 Å². The summed E-state index contributed by atoms with van der Waals surface area (Å²) < 4.78 is 21.4. The minimum atomic E-state index is -1.19. The molecule has 0 aliphatic carbocycles. The van der Waals surface area contributed by atoms with Crippen LogP contribution in [0.4, 0.5) is 0 Å². The van der Waals surface area contributed by atoms with Crippen molar-refractivity contribution in [2.45, 2.75) is 160 Å². The number of carboxylic acid groups (broad SMARTS) is 2. The smallest absolute Gasteiger partial charge is 0.326 e. The van der Waals surface area contributed by atoms with E-state index in [9.17, 15) is 38.7 Å². The van der Waals surface area contributed by atoms with Gasteiger partial charge in [-0.1, -0.05) is 83.5 Å². The maximum atomic E-state index is 12.3. The Morgan fingerprint density at radius 3 is 1.40 bits per heavy atom. The van der Waals surface area contributed by atoms with Crippen LogP contribution in [0.3, 0.4) is 0 Å². The number of carbonyl (C=O) groups is 7. The summed E-state index contributed by atoms with van der Waals surface area (Å²) in [6.45, 7) is 1.65. The molecule has 0 aromatic carbocycles. The molecule has 5 amide bonds. The van der Waals surface area contributed by atoms with Gasteiger partial charge in [0.25, 0.3) is 0 Å². The van der Waals surface area contributed by atoms with Crippen molar-refractivity contribution < 1.29 is 67.8 Å². The number of amides is 5. The van der Waals surface area contributed by atoms with E-state index in [1.807, 2.05) is 0 Å². The van der Waals surface area contributed by atoms with E-state index < -0.39 is 29.8 Å². The van der Waals surface area contributed by atoms with E-state index in [0.717, 1.165) is 64.2 Å². The van der Waals surface area contributed by atoms with Crippen molar-refractivity contribution in [3.8, 4) is 0 Å². The molecule has 0 aromatic rings. The number of nitrogens with two attached hydrogens (primary N) is 2. The molecule has 0 saturated heterocycles. The molecule has 3 atom stereocenters. The highest BCUT2D eigenvalue weighted by molar-refractivity contribution is 5.84. The Morgan fingerprint density at radius 2 is 0.923 bits per heavy atom. The Labute approximate surface area is 386 Å². The summed E-state index contributed by atoms with van der Waals surface area (Å²) in [6.07, 6.45) is 18.7. The van der Waals surface area contributed by atoms with E-state index in [2.05, 4.69) is 21.3 Å². The molecule has 65 heavy (non-hydrogen) atoms. The lowest BCUT2D eigenvalue weighted by atomic mass is 9.97. The SMILES string of the molecule is NC(=O)[C@H](CO)CC[C@@H](N)CCCCNC(=O)COCCOCCNC(=O)COCCOCCNC(=O)CC[C@H](NC(=O)CCCCCCCCCCCCCCCCC(=O)O)C(=O)O. The Balaban J connectivity index is 3.66. The molecule has 0 rings (SSSR count). The molecule has 0 aliphatic rings. The molecule has 20 nitrogen and oxygen atoms in total. The average Bonchev–Trinajstić information content (AvgIpc) is 3.26. The molecule has 0 radical (unpaired) electrons. The van der Waals surface area contributed by atoms with Gasteiger partial charge in [0.05, 0.1) is 52.2 Å². The number of aliphatic carboxylic acids is 2. The van der Waals surface area contributed by atoms with Crippen LogP contribution in [0.25, 0.3) is 0 Å². The van der Waals surface area contributed by atoms with Crippen molar-refractivity contribution in [1.82, 2.24) is 21.3 Å². The predicted molar refractivity (Wildman–Crippen MR) is 243 cm³/mol. The molecule has 0 fully saturated rings. The molecule has 0 unspecified atom stereocenters. The standard InChI is InChI=1S/C45H84N6O14/c46-37(21-20-36(33-52)44(47)59)17-15-16-24-48-41(55)34-64-31-30-63-28-26-50-42(56)35-65-32-29-62-27-25-49-39(53)23-22-38(45(60)61)51-40(54)18-13-11-9-7-5-3-1-2-4-6-8-10-12-14-19-43(57)58/h36-38,52H,1-35,46H2,(H2,47,59)(H,48,55)(H,49,53)(H,50,56)(H,51,54)(H,57,58)(H,60,61)/t36-,37-,38-/m0/s1. The van der Waals surface area contributed by atoms with E-state index in [1.54, 1.807) is 0 Å². The van der Waals surface area contributed by atoms with Crippen LogP contribution < -0.4 is 32.7 Å². The summed E-state index contributed by atoms with van der Waals surface area (Å²) in [5.74, 6) is -4.27. The topological polar surface area (TPSA) is 317 Å². The van der Waals surface area contributed by atoms with Crippen molar-refractivity contribution in [3.05, 3.63) is 0 Å². The Hall–Kier alpha value is -3.95. The van der Waals surface area contributed by atoms with Gasteiger partial charge < -0.3 is 67.0 Å². The summed E-state index contributed by atoms with van der Waals surface area (Å²) in [5.41, 5.74) is 11.3. The molecule has 0 saturated carbocycles. The van der Waals surface area contributed by atoms with Crippen LogP contribution in [0.15, 0.2) is 0 Å². The lowest BCUT2D eigenvalue weighted by molar-refractivity contribution is -0.142. The number of primary amides is 1. The third-order valence-electron chi connectivity index (χ3n) is 10.5. The number of ether oxygens (including phenoxy) is 4. The van der Waals surface area contributed by atoms with Crippen molar-refractivity contribution in [3.63, 3.8) is 0 Å². The van der Waals surface area contributed by atoms with Crippen molar-refractivity contribution >= 4 is 41.5 Å². The lowest BCUT2D eigenvalue weighted by Crippen LogP contribution is -2.41. The summed E-state index contributed by atoms with van der Waals surface area (Å²) in [7, 11) is 0. The summed E-state index contributed by atoms with van der Waals surface area (Å²) in [6, 6.07) is -1.25. The minimum absolute atomic E-state index is 0.0319. The number of carboxylic acids is 2. The van der Waals surface area contributed by atoms with E-state index in [4.69, 9.17) is 40.6 Å². The second-order valence-electron chi connectivity index (χ2n) is 16.3. The zero-order valence-corrected chi connectivity index (χ0v) is 39.0. The first kappa shape index (κ1) is 61.0. The predicted octanol–water partition coefficient (Wildman–Crippen LogP) is 2.45. The summed E-state index contributed by atoms with van der Waals surface area (Å²) in [5, 5.41) is 37.9. The second-order valence-corrected chi connectivity index (χ2v) is 16.3. The van der Waals surface area contributed by atoms with Gasteiger partial charge in [0.15, 0.2) is 0 Å². The fraction of sp³-hybridized carbons (Fsp3) is 0.844. The maximum absolute atomic E-state index is 12.3. The molecular weight excluding hydrogens is 849 g/mol. The normalized spacial score (nSPS) is 12.5. The summed E-state index contributed by atoms with van der Waals surface area (Å²) in [4.78, 5) is 81.7. The Bertz CT molecular complexity index is 1280. The van der Waals surface area contributed by atoms with E-state index >= 15 is 0 Å². The lowest BCUT2D eigenvalue weighted by Gasteiger charge is -2.15. The molecule has 0 aliphatic heterocycles. The highest BCUT2D eigenvalue weighted by Crippen LogP contribution is 2.14. The van der Waals surface area contributed by atoms with Gasteiger partial charge in [-0.05, 0) is 44.9 Å². The molecule has 0 spiro atoms. The van der Waals surface area contributed by atoms with Crippen molar-refractivity contribution in [1.29, 1.82) is 0 Å². The summed E-state index contributed by atoms with van der Waals surface area (Å²) >= 11 is 0. The van der Waals surface area contributed by atoms with Crippen LogP contribution in [0.5, 0.6) is 0 Å². The van der Waals surface area contributed by atoms with Gasteiger partial charge in [-0.2, -0.15) is 0 Å². The number of hydrogen-bond acceptors (Lipinski definition) is 13. The Kier molecular flexibility index (Phi) is 41.2. The average molecular weight is 933 g/mol. The third-order valence-corrected chi connectivity index (χ3v) is 10.5. The number of hydrogen-bond donors (Lipinski definition) is 9. The quantitative estimate of drug-likeness (QED) is 0.0396. The van der Waals surface area contributed by atoms with Gasteiger partial charge in [0, 0.05) is 44.9 Å². The molecule has 0 heterocycles. The number of aliphatic hydroxyl groups excluding tert-OH is 1. The molecular formula is C45H84N6O14. The second kappa shape index (κ2) is 43.9. The first-order valence-electron chi connectivity index (χ1n) is 23.9. The van der Waals surface area contributed by atoms with E-state index in [1.165, 1.54) is 38.5 Å². The van der Waals surface area contributed by atoms with Crippen LogP contribution in [0.2, 0.25) is 0 Å². The van der Waals surface area contributed by atoms with E-state index in [-0.39, 0.29) is 128 Å². The van der Waals surface area contributed by atoms with Gasteiger partial charge >= 0.3 is 11.9 Å². The molecule has 0 bridgehead atoms. The molecule has 20 heteroatoms.